The monoisotopic (exact) mass is 246 g/mol. The molecule has 1 rings (SSSR count). The zero-order valence-electron chi connectivity index (χ0n) is 9.66. The van der Waals surface area contributed by atoms with Crippen LogP contribution in [0.1, 0.15) is 6.92 Å². The van der Waals surface area contributed by atoms with Crippen LogP contribution in [0.5, 0.6) is 5.75 Å². The summed E-state index contributed by atoms with van der Waals surface area (Å²) in [6, 6.07) is 3.56. The molecule has 17 heavy (non-hydrogen) atoms. The van der Waals surface area contributed by atoms with Gasteiger partial charge in [0.05, 0.1) is 13.2 Å². The SMILES string of the molecule is CCOc1cccnc1NCCOCC(F)F. The molecule has 1 aromatic rings. The van der Waals surface area contributed by atoms with E-state index in [0.717, 1.165) is 0 Å². The van der Waals surface area contributed by atoms with Gasteiger partial charge in [-0.2, -0.15) is 0 Å². The Hall–Kier alpha value is -1.43. The molecule has 0 radical (unpaired) electrons. The second-order valence-electron chi connectivity index (χ2n) is 3.18. The summed E-state index contributed by atoms with van der Waals surface area (Å²) in [6.07, 6.45) is -0.797. The summed E-state index contributed by atoms with van der Waals surface area (Å²) in [5.74, 6) is 1.24. The number of halogens is 2. The second-order valence-corrected chi connectivity index (χ2v) is 3.18. The molecular formula is C11H16F2N2O2. The van der Waals surface area contributed by atoms with Crippen molar-refractivity contribution in [1.82, 2.24) is 4.98 Å². The van der Waals surface area contributed by atoms with Gasteiger partial charge in [0.2, 0.25) is 0 Å². The third kappa shape index (κ3) is 5.44. The molecule has 0 saturated carbocycles. The van der Waals surface area contributed by atoms with Crippen LogP contribution in [0.4, 0.5) is 14.6 Å². The first kappa shape index (κ1) is 13.6. The number of anilines is 1. The Morgan fingerprint density at radius 1 is 1.47 bits per heavy atom. The van der Waals surface area contributed by atoms with E-state index in [4.69, 9.17) is 9.47 Å². The van der Waals surface area contributed by atoms with Gasteiger partial charge in [-0.15, -0.1) is 0 Å². The number of hydrogen-bond acceptors (Lipinski definition) is 4. The molecular weight excluding hydrogens is 230 g/mol. The van der Waals surface area contributed by atoms with Crippen molar-refractivity contribution in [3.63, 3.8) is 0 Å². The van der Waals surface area contributed by atoms with E-state index in [1.165, 1.54) is 0 Å². The van der Waals surface area contributed by atoms with Gasteiger partial charge >= 0.3 is 0 Å². The average molecular weight is 246 g/mol. The van der Waals surface area contributed by atoms with E-state index in [1.807, 2.05) is 6.92 Å². The average Bonchev–Trinajstić information content (AvgIpc) is 2.31. The van der Waals surface area contributed by atoms with Gasteiger partial charge in [0.25, 0.3) is 6.43 Å². The van der Waals surface area contributed by atoms with Gasteiger partial charge in [-0.3, -0.25) is 0 Å². The van der Waals surface area contributed by atoms with E-state index < -0.39 is 13.0 Å². The topological polar surface area (TPSA) is 43.4 Å². The fourth-order valence-electron chi connectivity index (χ4n) is 1.21. The number of nitrogens with one attached hydrogen (secondary N) is 1. The first-order chi connectivity index (χ1) is 8.24. The van der Waals surface area contributed by atoms with Crippen molar-refractivity contribution in [2.24, 2.45) is 0 Å². The van der Waals surface area contributed by atoms with Gasteiger partial charge in [-0.1, -0.05) is 0 Å². The van der Waals surface area contributed by atoms with Crippen LogP contribution in [-0.4, -0.2) is 37.8 Å². The quantitative estimate of drug-likeness (QED) is 0.714. The molecule has 1 aromatic heterocycles. The van der Waals surface area contributed by atoms with Crippen molar-refractivity contribution >= 4 is 5.82 Å². The minimum atomic E-state index is -2.43. The van der Waals surface area contributed by atoms with Crippen LogP contribution in [0.3, 0.4) is 0 Å². The summed E-state index contributed by atoms with van der Waals surface area (Å²) in [5, 5.41) is 2.97. The van der Waals surface area contributed by atoms with E-state index in [-0.39, 0.29) is 6.61 Å². The lowest BCUT2D eigenvalue weighted by Gasteiger charge is -2.10. The molecule has 96 valence electrons. The molecule has 0 unspecified atom stereocenters. The lowest BCUT2D eigenvalue weighted by Crippen LogP contribution is -2.14. The summed E-state index contributed by atoms with van der Waals surface area (Å²) in [6.45, 7) is 2.49. The fraction of sp³-hybridized carbons (Fsp3) is 0.545. The summed E-state index contributed by atoms with van der Waals surface area (Å²) < 4.78 is 33.6. The van der Waals surface area contributed by atoms with Crippen molar-refractivity contribution in [3.05, 3.63) is 18.3 Å². The van der Waals surface area contributed by atoms with Crippen LogP contribution in [0.15, 0.2) is 18.3 Å². The highest BCUT2D eigenvalue weighted by Crippen LogP contribution is 2.20. The Bertz CT molecular complexity index is 324. The van der Waals surface area contributed by atoms with E-state index in [9.17, 15) is 8.78 Å². The fourth-order valence-corrected chi connectivity index (χ4v) is 1.21. The molecule has 0 aromatic carbocycles. The lowest BCUT2D eigenvalue weighted by atomic mass is 10.4. The van der Waals surface area contributed by atoms with Crippen LogP contribution in [0.25, 0.3) is 0 Å². The van der Waals surface area contributed by atoms with Crippen molar-refractivity contribution in [2.45, 2.75) is 13.3 Å². The number of ether oxygens (including phenoxy) is 2. The minimum Gasteiger partial charge on any atom is -0.490 e. The number of pyridine rings is 1. The van der Waals surface area contributed by atoms with Crippen molar-refractivity contribution < 1.29 is 18.3 Å². The molecule has 0 saturated heterocycles. The largest absolute Gasteiger partial charge is 0.490 e. The third-order valence-corrected chi connectivity index (χ3v) is 1.85. The van der Waals surface area contributed by atoms with Gasteiger partial charge in [0.1, 0.15) is 6.61 Å². The Morgan fingerprint density at radius 3 is 3.00 bits per heavy atom. The molecule has 6 heteroatoms. The minimum absolute atomic E-state index is 0.201. The molecule has 0 aliphatic heterocycles. The normalized spacial score (nSPS) is 10.6. The molecule has 0 fully saturated rings. The van der Waals surface area contributed by atoms with Crippen molar-refractivity contribution in [1.29, 1.82) is 0 Å². The number of nitrogens with zero attached hydrogens (tertiary/aromatic N) is 1. The highest BCUT2D eigenvalue weighted by Gasteiger charge is 2.04. The molecule has 1 N–H and O–H groups in total. The van der Waals surface area contributed by atoms with Crippen molar-refractivity contribution in [2.75, 3.05) is 31.7 Å². The second kappa shape index (κ2) is 7.78. The lowest BCUT2D eigenvalue weighted by molar-refractivity contribution is 0.0214. The number of alkyl halides is 2. The van der Waals surface area contributed by atoms with E-state index in [2.05, 4.69) is 10.3 Å². The van der Waals surface area contributed by atoms with Crippen LogP contribution in [-0.2, 0) is 4.74 Å². The van der Waals surface area contributed by atoms with E-state index in [1.54, 1.807) is 18.3 Å². The summed E-state index contributed by atoms with van der Waals surface area (Å²) >= 11 is 0. The predicted molar refractivity (Wildman–Crippen MR) is 60.7 cm³/mol. The maximum absolute atomic E-state index is 11.8. The van der Waals surface area contributed by atoms with E-state index in [0.29, 0.717) is 24.7 Å². The van der Waals surface area contributed by atoms with Crippen molar-refractivity contribution in [3.8, 4) is 5.75 Å². The molecule has 1 heterocycles. The smallest absolute Gasteiger partial charge is 0.261 e. The van der Waals surface area contributed by atoms with Gasteiger partial charge in [-0.05, 0) is 19.1 Å². The zero-order chi connectivity index (χ0) is 12.5. The summed E-state index contributed by atoms with van der Waals surface area (Å²) in [4.78, 5) is 4.09. The molecule has 4 nitrogen and oxygen atoms in total. The van der Waals surface area contributed by atoms with Gasteiger partial charge in [0, 0.05) is 12.7 Å². The molecule has 0 amide bonds. The standard InChI is InChI=1S/C11H16F2N2O2/c1-2-17-9-4-3-5-14-11(9)15-6-7-16-8-10(12)13/h3-5,10H,2,6-8H2,1H3,(H,14,15). The van der Waals surface area contributed by atoms with Gasteiger partial charge in [0.15, 0.2) is 11.6 Å². The Labute approximate surface area is 98.9 Å². The maximum atomic E-state index is 11.8. The highest BCUT2D eigenvalue weighted by molar-refractivity contribution is 5.49. The number of hydrogen-bond donors (Lipinski definition) is 1. The van der Waals surface area contributed by atoms with Gasteiger partial charge in [-0.25, -0.2) is 13.8 Å². The maximum Gasteiger partial charge on any atom is 0.261 e. The van der Waals surface area contributed by atoms with Gasteiger partial charge < -0.3 is 14.8 Å². The molecule has 0 spiro atoms. The van der Waals surface area contributed by atoms with E-state index >= 15 is 0 Å². The molecule has 0 aliphatic rings. The summed E-state index contributed by atoms with van der Waals surface area (Å²) in [5.41, 5.74) is 0. The third-order valence-electron chi connectivity index (χ3n) is 1.85. The highest BCUT2D eigenvalue weighted by atomic mass is 19.3. The predicted octanol–water partition coefficient (Wildman–Crippen LogP) is 2.17. The summed E-state index contributed by atoms with van der Waals surface area (Å²) in [7, 11) is 0. The molecule has 0 atom stereocenters. The Kier molecular flexibility index (Phi) is 6.24. The van der Waals surface area contributed by atoms with Crippen LogP contribution >= 0.6 is 0 Å². The Morgan fingerprint density at radius 2 is 2.29 bits per heavy atom. The first-order valence-corrected chi connectivity index (χ1v) is 5.41. The Balaban J connectivity index is 2.30. The molecule has 0 bridgehead atoms. The molecule has 0 aliphatic carbocycles. The number of aromatic nitrogens is 1. The number of rotatable bonds is 8. The van der Waals surface area contributed by atoms with Crippen LogP contribution in [0.2, 0.25) is 0 Å². The van der Waals surface area contributed by atoms with Crippen LogP contribution in [0, 0.1) is 0 Å². The van der Waals surface area contributed by atoms with Crippen LogP contribution < -0.4 is 10.1 Å². The zero-order valence-corrected chi connectivity index (χ0v) is 9.66. The first-order valence-electron chi connectivity index (χ1n) is 5.41.